The molecule has 6 unspecified atom stereocenters. The molecule has 3 saturated carbocycles. The summed E-state index contributed by atoms with van der Waals surface area (Å²) >= 11 is 0. The Morgan fingerprint density at radius 1 is 1.14 bits per heavy atom. The van der Waals surface area contributed by atoms with Crippen molar-refractivity contribution in [1.29, 1.82) is 0 Å². The van der Waals surface area contributed by atoms with Gasteiger partial charge < -0.3 is 20.3 Å². The summed E-state index contributed by atoms with van der Waals surface area (Å²) < 4.78 is 5.79. The van der Waals surface area contributed by atoms with E-state index in [-0.39, 0.29) is 42.1 Å². The molecule has 0 aliphatic heterocycles. The summed E-state index contributed by atoms with van der Waals surface area (Å²) in [6, 6.07) is 0. The number of carbonyl (C=O) groups is 2. The van der Waals surface area contributed by atoms with Crippen LogP contribution in [-0.4, -0.2) is 47.4 Å². The zero-order chi connectivity index (χ0) is 20.8. The Labute approximate surface area is 173 Å². The number of hydrogen-bond donors (Lipinski definition) is 3. The maximum Gasteiger partial charge on any atom is 0.322 e. The lowest BCUT2D eigenvalue weighted by Crippen LogP contribution is -2.51. The quantitative estimate of drug-likeness (QED) is 0.611. The van der Waals surface area contributed by atoms with Crippen molar-refractivity contribution in [3.05, 3.63) is 11.6 Å². The average molecular weight is 406 g/mol. The summed E-state index contributed by atoms with van der Waals surface area (Å²) in [6.07, 6.45) is 10.8. The lowest BCUT2D eigenvalue weighted by atomic mass is 9.47. The zero-order valence-corrected chi connectivity index (χ0v) is 17.7. The van der Waals surface area contributed by atoms with Crippen molar-refractivity contribution in [2.45, 2.75) is 77.4 Å². The van der Waals surface area contributed by atoms with Gasteiger partial charge in [0.2, 0.25) is 5.91 Å². The van der Waals surface area contributed by atoms with E-state index in [0.29, 0.717) is 17.8 Å². The lowest BCUT2D eigenvalue weighted by molar-refractivity contribution is -0.139. The van der Waals surface area contributed by atoms with E-state index in [1.165, 1.54) is 24.8 Å². The van der Waals surface area contributed by atoms with Crippen LogP contribution >= 0.6 is 0 Å². The molecule has 0 saturated heterocycles. The minimum absolute atomic E-state index is 0.0626. The van der Waals surface area contributed by atoms with Crippen molar-refractivity contribution in [2.75, 3.05) is 13.2 Å². The molecule has 0 aromatic heterocycles. The molecule has 1 amide bonds. The standard InChI is InChI=1S/C23H35NO5/c1-22-9-7-15(29-13-20(26)24-12-21(27)28)11-14(22)3-4-16-17-5-6-19(25)23(17,2)10-8-18(16)22/h11,15-19,25H,3-10,12-13H2,1-2H3,(H,24,26)(H,27,28)/t15-,16?,17?,18?,19?,22?,23?/m1/s1. The van der Waals surface area contributed by atoms with E-state index in [0.717, 1.165) is 32.1 Å². The highest BCUT2D eigenvalue weighted by molar-refractivity contribution is 5.81. The normalized spacial score (nSPS) is 43.6. The van der Waals surface area contributed by atoms with Crippen molar-refractivity contribution in [1.82, 2.24) is 5.32 Å². The number of carbonyl (C=O) groups excluding carboxylic acids is 1. The Morgan fingerprint density at radius 2 is 1.93 bits per heavy atom. The molecule has 0 bridgehead atoms. The molecule has 7 atom stereocenters. The fourth-order valence-corrected chi connectivity index (χ4v) is 7.21. The monoisotopic (exact) mass is 405 g/mol. The van der Waals surface area contributed by atoms with Crippen LogP contribution in [0.2, 0.25) is 0 Å². The second kappa shape index (κ2) is 7.69. The van der Waals surface area contributed by atoms with Crippen LogP contribution in [0.1, 0.15) is 65.2 Å². The highest BCUT2D eigenvalue weighted by Crippen LogP contribution is 2.65. The third kappa shape index (κ3) is 3.63. The lowest BCUT2D eigenvalue weighted by Gasteiger charge is -2.58. The minimum Gasteiger partial charge on any atom is -0.480 e. The molecular weight excluding hydrogens is 370 g/mol. The predicted octanol–water partition coefficient (Wildman–Crippen LogP) is 2.90. The highest BCUT2D eigenvalue weighted by Gasteiger charge is 2.58. The summed E-state index contributed by atoms with van der Waals surface area (Å²) in [7, 11) is 0. The molecule has 3 N–H and O–H groups in total. The fourth-order valence-electron chi connectivity index (χ4n) is 7.21. The average Bonchev–Trinajstić information content (AvgIpc) is 2.99. The molecule has 0 radical (unpaired) electrons. The Morgan fingerprint density at radius 3 is 2.69 bits per heavy atom. The molecule has 162 valence electrons. The predicted molar refractivity (Wildman–Crippen MR) is 108 cm³/mol. The summed E-state index contributed by atoms with van der Waals surface area (Å²) in [5, 5.41) is 21.6. The van der Waals surface area contributed by atoms with Crippen LogP contribution in [0.15, 0.2) is 11.6 Å². The van der Waals surface area contributed by atoms with Gasteiger partial charge in [-0.05, 0) is 80.0 Å². The summed E-state index contributed by atoms with van der Waals surface area (Å²) in [5.41, 5.74) is 1.81. The van der Waals surface area contributed by atoms with Crippen LogP contribution in [-0.2, 0) is 14.3 Å². The second-order valence-corrected chi connectivity index (χ2v) is 10.2. The molecule has 4 aliphatic rings. The van der Waals surface area contributed by atoms with Gasteiger partial charge in [-0.1, -0.05) is 25.5 Å². The van der Waals surface area contributed by atoms with Gasteiger partial charge >= 0.3 is 5.97 Å². The number of rotatable bonds is 5. The number of carboxylic acid groups (broad SMARTS) is 1. The van der Waals surface area contributed by atoms with Gasteiger partial charge in [0.1, 0.15) is 13.2 Å². The minimum atomic E-state index is -1.05. The van der Waals surface area contributed by atoms with E-state index >= 15 is 0 Å². The number of aliphatic hydroxyl groups excluding tert-OH is 1. The number of allylic oxidation sites excluding steroid dienone is 1. The first-order valence-electron chi connectivity index (χ1n) is 11.2. The first-order valence-corrected chi connectivity index (χ1v) is 11.2. The SMILES string of the molecule is CC12CC[C@@H](OCC(=O)NCC(=O)O)C=C1CCC1C2CCC2(C)C(O)CCC12. The number of aliphatic carboxylic acids is 1. The molecule has 0 aromatic rings. The van der Waals surface area contributed by atoms with Gasteiger partial charge in [-0.3, -0.25) is 9.59 Å². The number of fused-ring (bicyclic) bond motifs is 5. The van der Waals surface area contributed by atoms with Crippen LogP contribution in [0.5, 0.6) is 0 Å². The fraction of sp³-hybridized carbons (Fsp3) is 0.826. The number of aliphatic hydroxyl groups is 1. The number of nitrogens with one attached hydrogen (secondary N) is 1. The Balaban J connectivity index is 1.41. The topological polar surface area (TPSA) is 95.9 Å². The first kappa shape index (κ1) is 20.9. The third-order valence-electron chi connectivity index (χ3n) is 8.89. The van der Waals surface area contributed by atoms with Crippen LogP contribution < -0.4 is 5.32 Å². The number of ether oxygens (including phenoxy) is 1. The molecule has 6 nitrogen and oxygen atoms in total. The Bertz CT molecular complexity index is 705. The van der Waals surface area contributed by atoms with E-state index in [4.69, 9.17) is 9.84 Å². The van der Waals surface area contributed by atoms with Crippen molar-refractivity contribution in [2.24, 2.45) is 28.6 Å². The molecule has 0 heterocycles. The molecule has 0 aromatic carbocycles. The van der Waals surface area contributed by atoms with Crippen LogP contribution in [0.3, 0.4) is 0 Å². The van der Waals surface area contributed by atoms with E-state index in [1.807, 2.05) is 0 Å². The highest BCUT2D eigenvalue weighted by atomic mass is 16.5. The van der Waals surface area contributed by atoms with Gasteiger partial charge in [0, 0.05) is 0 Å². The maximum atomic E-state index is 11.7. The number of hydrogen-bond acceptors (Lipinski definition) is 4. The van der Waals surface area contributed by atoms with Crippen LogP contribution in [0, 0.1) is 28.6 Å². The first-order chi connectivity index (χ1) is 13.7. The van der Waals surface area contributed by atoms with Crippen molar-refractivity contribution in [3.63, 3.8) is 0 Å². The number of amides is 1. The molecule has 6 heteroatoms. The molecular formula is C23H35NO5. The summed E-state index contributed by atoms with van der Waals surface area (Å²) in [6.45, 7) is 4.28. The van der Waals surface area contributed by atoms with Gasteiger partial charge in [0.15, 0.2) is 0 Å². The van der Waals surface area contributed by atoms with Gasteiger partial charge in [-0.15, -0.1) is 0 Å². The molecule has 3 fully saturated rings. The number of carboxylic acids is 1. The van der Waals surface area contributed by atoms with Crippen LogP contribution in [0.4, 0.5) is 0 Å². The van der Waals surface area contributed by atoms with Gasteiger partial charge in [-0.25, -0.2) is 0 Å². The van der Waals surface area contributed by atoms with E-state index in [1.54, 1.807) is 0 Å². The van der Waals surface area contributed by atoms with Gasteiger partial charge in [-0.2, -0.15) is 0 Å². The third-order valence-corrected chi connectivity index (χ3v) is 8.89. The molecule has 29 heavy (non-hydrogen) atoms. The summed E-state index contributed by atoms with van der Waals surface area (Å²) in [4.78, 5) is 22.3. The smallest absolute Gasteiger partial charge is 0.322 e. The van der Waals surface area contributed by atoms with Gasteiger partial charge in [0.25, 0.3) is 0 Å². The Kier molecular flexibility index (Phi) is 5.53. The van der Waals surface area contributed by atoms with E-state index < -0.39 is 5.97 Å². The van der Waals surface area contributed by atoms with Crippen molar-refractivity contribution < 1.29 is 24.5 Å². The molecule has 4 aliphatic carbocycles. The zero-order valence-electron chi connectivity index (χ0n) is 17.7. The van der Waals surface area contributed by atoms with Gasteiger partial charge in [0.05, 0.1) is 12.2 Å². The molecule has 0 spiro atoms. The van der Waals surface area contributed by atoms with Crippen LogP contribution in [0.25, 0.3) is 0 Å². The second-order valence-electron chi connectivity index (χ2n) is 10.2. The molecule has 4 rings (SSSR count). The largest absolute Gasteiger partial charge is 0.480 e. The Hall–Kier alpha value is -1.40. The van der Waals surface area contributed by atoms with E-state index in [2.05, 4.69) is 25.2 Å². The van der Waals surface area contributed by atoms with Crippen molar-refractivity contribution in [3.8, 4) is 0 Å². The maximum absolute atomic E-state index is 11.7. The van der Waals surface area contributed by atoms with E-state index in [9.17, 15) is 14.7 Å². The van der Waals surface area contributed by atoms with Crippen molar-refractivity contribution >= 4 is 11.9 Å². The summed E-state index contributed by atoms with van der Waals surface area (Å²) in [5.74, 6) is 0.623.